The minimum atomic E-state index is -0.514. The predicted molar refractivity (Wildman–Crippen MR) is 122 cm³/mol. The summed E-state index contributed by atoms with van der Waals surface area (Å²) in [6, 6.07) is 4.02. The highest BCUT2D eigenvalue weighted by Gasteiger charge is 2.31. The fraction of sp³-hybridized carbons (Fsp3) is 0.522. The number of hydrogen-bond donors (Lipinski definition) is 1. The standard InChI is InChI=1S/C23H29N7O3/c1-23(2,3)33-22(31)30-7-5-16(12-30)28-20-18-13-29(8-6-19(18)26-14-27-20)17-9-15(10-24)21(32-4)25-11-17/h9,11,14,16H,5-8,12-13H2,1-4H3,(H,26,27,28)/t16-/m0/s1. The molecule has 1 N–H and O–H groups in total. The lowest BCUT2D eigenvalue weighted by Gasteiger charge is -2.31. The third-order valence-electron chi connectivity index (χ3n) is 5.70. The number of methoxy groups -OCH3 is 1. The van der Waals surface area contributed by atoms with Gasteiger partial charge >= 0.3 is 6.09 Å². The van der Waals surface area contributed by atoms with Crippen molar-refractivity contribution in [2.24, 2.45) is 0 Å². The van der Waals surface area contributed by atoms with E-state index in [-0.39, 0.29) is 12.1 Å². The van der Waals surface area contributed by atoms with Crippen LogP contribution in [0.2, 0.25) is 0 Å². The van der Waals surface area contributed by atoms with Crippen LogP contribution in [-0.4, -0.2) is 64.3 Å². The van der Waals surface area contributed by atoms with Gasteiger partial charge in [0, 0.05) is 44.2 Å². The van der Waals surface area contributed by atoms with Crippen molar-refractivity contribution in [3.63, 3.8) is 0 Å². The fourth-order valence-electron chi connectivity index (χ4n) is 4.11. The summed E-state index contributed by atoms with van der Waals surface area (Å²) in [6.45, 7) is 8.17. The van der Waals surface area contributed by atoms with Crippen LogP contribution >= 0.6 is 0 Å². The number of amides is 1. The van der Waals surface area contributed by atoms with E-state index in [4.69, 9.17) is 9.47 Å². The molecule has 1 fully saturated rings. The molecule has 0 radical (unpaired) electrons. The van der Waals surface area contributed by atoms with Crippen molar-refractivity contribution in [3.05, 3.63) is 35.4 Å². The van der Waals surface area contributed by atoms with Crippen LogP contribution in [0.3, 0.4) is 0 Å². The third kappa shape index (κ3) is 5.08. The molecule has 2 aromatic rings. The molecule has 0 aliphatic carbocycles. The number of hydrogen-bond acceptors (Lipinski definition) is 9. The Labute approximate surface area is 193 Å². The molecule has 2 aromatic heterocycles. The molecule has 0 saturated carbocycles. The topological polar surface area (TPSA) is 116 Å². The molecule has 10 heteroatoms. The number of fused-ring (bicyclic) bond motifs is 1. The summed E-state index contributed by atoms with van der Waals surface area (Å²) in [5, 5.41) is 12.9. The fourth-order valence-corrected chi connectivity index (χ4v) is 4.11. The maximum Gasteiger partial charge on any atom is 0.410 e. The Hall–Kier alpha value is -3.61. The van der Waals surface area contributed by atoms with Gasteiger partial charge in [0.1, 0.15) is 29.4 Å². The number of likely N-dealkylation sites (tertiary alicyclic amines) is 1. The minimum Gasteiger partial charge on any atom is -0.480 e. The van der Waals surface area contributed by atoms with Gasteiger partial charge < -0.3 is 24.6 Å². The van der Waals surface area contributed by atoms with Crippen molar-refractivity contribution in [1.29, 1.82) is 5.26 Å². The second-order valence-corrected chi connectivity index (χ2v) is 9.24. The summed E-state index contributed by atoms with van der Waals surface area (Å²) in [4.78, 5) is 29.5. The summed E-state index contributed by atoms with van der Waals surface area (Å²) >= 11 is 0. The van der Waals surface area contributed by atoms with Crippen LogP contribution in [0.25, 0.3) is 0 Å². The number of nitriles is 1. The molecule has 0 spiro atoms. The Morgan fingerprint density at radius 1 is 1.27 bits per heavy atom. The second-order valence-electron chi connectivity index (χ2n) is 9.24. The maximum atomic E-state index is 12.4. The normalized spacial score (nSPS) is 17.8. The van der Waals surface area contributed by atoms with E-state index in [1.54, 1.807) is 23.5 Å². The maximum absolute atomic E-state index is 12.4. The van der Waals surface area contributed by atoms with Crippen LogP contribution in [0.15, 0.2) is 18.6 Å². The second kappa shape index (κ2) is 9.10. The van der Waals surface area contributed by atoms with E-state index < -0.39 is 5.60 Å². The van der Waals surface area contributed by atoms with E-state index in [0.29, 0.717) is 31.1 Å². The van der Waals surface area contributed by atoms with Gasteiger partial charge in [0.05, 0.1) is 24.7 Å². The molecule has 2 aliphatic rings. The minimum absolute atomic E-state index is 0.0831. The molecular formula is C23H29N7O3. The highest BCUT2D eigenvalue weighted by molar-refractivity contribution is 5.68. The summed E-state index contributed by atoms with van der Waals surface area (Å²) in [7, 11) is 1.50. The van der Waals surface area contributed by atoms with E-state index >= 15 is 0 Å². The number of rotatable bonds is 4. The molecule has 2 aliphatic heterocycles. The summed E-state index contributed by atoms with van der Waals surface area (Å²) < 4.78 is 10.7. The monoisotopic (exact) mass is 451 g/mol. The molecule has 0 unspecified atom stereocenters. The van der Waals surface area contributed by atoms with Gasteiger partial charge in [-0.05, 0) is 33.3 Å². The van der Waals surface area contributed by atoms with Gasteiger partial charge in [0.15, 0.2) is 0 Å². The molecule has 4 rings (SSSR count). The Balaban J connectivity index is 1.47. The van der Waals surface area contributed by atoms with Crippen LogP contribution < -0.4 is 15.0 Å². The van der Waals surface area contributed by atoms with Crippen LogP contribution in [0, 0.1) is 11.3 Å². The van der Waals surface area contributed by atoms with Gasteiger partial charge in [-0.3, -0.25) is 0 Å². The van der Waals surface area contributed by atoms with Crippen molar-refractivity contribution >= 4 is 17.6 Å². The van der Waals surface area contributed by atoms with Gasteiger partial charge in [-0.2, -0.15) is 5.26 Å². The molecule has 0 aromatic carbocycles. The van der Waals surface area contributed by atoms with Gasteiger partial charge in [-0.1, -0.05) is 0 Å². The van der Waals surface area contributed by atoms with E-state index in [1.807, 2.05) is 20.8 Å². The summed E-state index contributed by atoms with van der Waals surface area (Å²) in [5.41, 5.74) is 2.77. The zero-order valence-electron chi connectivity index (χ0n) is 19.5. The quantitative estimate of drug-likeness (QED) is 0.749. The SMILES string of the molecule is COc1ncc(N2CCc3ncnc(N[C@H]4CCN(C(=O)OC(C)(C)C)C4)c3C2)cc1C#N. The highest BCUT2D eigenvalue weighted by atomic mass is 16.6. The number of ether oxygens (including phenoxy) is 2. The molecule has 1 amide bonds. The van der Waals surface area contributed by atoms with Crippen LogP contribution in [-0.2, 0) is 17.7 Å². The number of nitrogens with zero attached hydrogens (tertiary/aromatic N) is 6. The van der Waals surface area contributed by atoms with Crippen LogP contribution in [0.5, 0.6) is 5.88 Å². The van der Waals surface area contributed by atoms with E-state index in [1.165, 1.54) is 7.11 Å². The van der Waals surface area contributed by atoms with Crippen molar-refractivity contribution in [1.82, 2.24) is 19.9 Å². The van der Waals surface area contributed by atoms with Crippen molar-refractivity contribution in [3.8, 4) is 11.9 Å². The number of aromatic nitrogens is 3. The summed E-state index contributed by atoms with van der Waals surface area (Å²) in [5.74, 6) is 1.10. The lowest BCUT2D eigenvalue weighted by molar-refractivity contribution is 0.0293. The highest BCUT2D eigenvalue weighted by Crippen LogP contribution is 2.30. The number of nitrogens with one attached hydrogen (secondary N) is 1. The van der Waals surface area contributed by atoms with Crippen molar-refractivity contribution in [2.75, 3.05) is 37.0 Å². The zero-order valence-corrected chi connectivity index (χ0v) is 19.5. The lowest BCUT2D eigenvalue weighted by Crippen LogP contribution is -2.37. The van der Waals surface area contributed by atoms with Gasteiger partial charge in [-0.15, -0.1) is 0 Å². The lowest BCUT2D eigenvalue weighted by atomic mass is 10.0. The first-order chi connectivity index (χ1) is 15.8. The molecular weight excluding hydrogens is 422 g/mol. The largest absolute Gasteiger partial charge is 0.480 e. The molecule has 10 nitrogen and oxygen atoms in total. The first-order valence-electron chi connectivity index (χ1n) is 11.0. The third-order valence-corrected chi connectivity index (χ3v) is 5.70. The number of pyridine rings is 1. The smallest absolute Gasteiger partial charge is 0.410 e. The van der Waals surface area contributed by atoms with Crippen LogP contribution in [0.1, 0.15) is 44.0 Å². The summed E-state index contributed by atoms with van der Waals surface area (Å²) in [6.07, 6.45) is 4.59. The van der Waals surface area contributed by atoms with Gasteiger partial charge in [-0.25, -0.2) is 19.7 Å². The molecule has 33 heavy (non-hydrogen) atoms. The van der Waals surface area contributed by atoms with E-state index in [9.17, 15) is 10.1 Å². The predicted octanol–water partition coefficient (Wildman–Crippen LogP) is 2.74. The van der Waals surface area contributed by atoms with Gasteiger partial charge in [0.25, 0.3) is 0 Å². The zero-order chi connectivity index (χ0) is 23.6. The average Bonchev–Trinajstić information content (AvgIpc) is 3.26. The number of anilines is 2. The van der Waals surface area contributed by atoms with E-state index in [2.05, 4.69) is 31.2 Å². The van der Waals surface area contributed by atoms with Crippen LogP contribution in [0.4, 0.5) is 16.3 Å². The number of carbonyl (C=O) groups is 1. The molecule has 4 heterocycles. The Kier molecular flexibility index (Phi) is 6.22. The Morgan fingerprint density at radius 3 is 2.82 bits per heavy atom. The van der Waals surface area contributed by atoms with Crippen molar-refractivity contribution in [2.45, 2.75) is 51.8 Å². The molecule has 1 atom stereocenters. The van der Waals surface area contributed by atoms with Crippen molar-refractivity contribution < 1.29 is 14.3 Å². The molecule has 1 saturated heterocycles. The Bertz CT molecular complexity index is 1080. The van der Waals surface area contributed by atoms with E-state index in [0.717, 1.165) is 42.1 Å². The average molecular weight is 452 g/mol. The first-order valence-corrected chi connectivity index (χ1v) is 11.0. The molecule has 174 valence electrons. The number of carbonyl (C=O) groups excluding carboxylic acids is 1. The first kappa shape index (κ1) is 22.6. The Morgan fingerprint density at radius 2 is 2.09 bits per heavy atom. The molecule has 0 bridgehead atoms. The van der Waals surface area contributed by atoms with Gasteiger partial charge in [0.2, 0.25) is 5.88 Å².